The van der Waals surface area contributed by atoms with E-state index in [1.165, 1.54) is 19.3 Å². The molecule has 0 aliphatic heterocycles. The van der Waals surface area contributed by atoms with Crippen molar-refractivity contribution >= 4 is 5.97 Å². The van der Waals surface area contributed by atoms with E-state index in [0.717, 1.165) is 18.8 Å². The minimum absolute atomic E-state index is 0.504. The summed E-state index contributed by atoms with van der Waals surface area (Å²) < 4.78 is 5.54. The Kier molecular flexibility index (Phi) is 3.01. The Hall–Kier alpha value is -0.570. The molecule has 0 aromatic heterocycles. The predicted octanol–water partition coefficient (Wildman–Crippen LogP) is 2.45. The van der Waals surface area contributed by atoms with Gasteiger partial charge in [0.25, 0.3) is 0 Å². The predicted molar refractivity (Wildman–Crippen MR) is 56.7 cm³/mol. The Labute approximate surface area is 90.8 Å². The van der Waals surface area contributed by atoms with Crippen LogP contribution in [0.25, 0.3) is 0 Å². The lowest BCUT2D eigenvalue weighted by Gasteiger charge is -2.37. The summed E-state index contributed by atoms with van der Waals surface area (Å²) in [6.07, 6.45) is 6.24. The maximum atomic E-state index is 11.3. The molecule has 0 aromatic carbocycles. The number of ether oxygens (including phenoxy) is 1. The highest BCUT2D eigenvalue weighted by Gasteiger charge is 2.47. The van der Waals surface area contributed by atoms with Crippen LogP contribution >= 0.6 is 0 Å². The quantitative estimate of drug-likeness (QED) is 0.778. The molecule has 0 saturated heterocycles. The largest absolute Gasteiger partial charge is 0.479 e. The summed E-state index contributed by atoms with van der Waals surface area (Å²) in [5.41, 5.74) is -0.861. The van der Waals surface area contributed by atoms with Crippen molar-refractivity contribution in [2.45, 2.75) is 51.0 Å². The van der Waals surface area contributed by atoms with Crippen LogP contribution in [0.3, 0.4) is 0 Å². The van der Waals surface area contributed by atoms with E-state index in [2.05, 4.69) is 0 Å². The first-order valence-corrected chi connectivity index (χ1v) is 6.05. The third kappa shape index (κ3) is 2.17. The van der Waals surface area contributed by atoms with Crippen LogP contribution in [-0.4, -0.2) is 23.3 Å². The van der Waals surface area contributed by atoms with Crippen molar-refractivity contribution in [2.75, 3.05) is 6.61 Å². The van der Waals surface area contributed by atoms with Crippen LogP contribution < -0.4 is 0 Å². The Morgan fingerprint density at radius 2 is 2.13 bits per heavy atom. The molecule has 2 unspecified atom stereocenters. The Morgan fingerprint density at radius 1 is 1.40 bits per heavy atom. The van der Waals surface area contributed by atoms with E-state index in [-0.39, 0.29) is 0 Å². The topological polar surface area (TPSA) is 46.5 Å². The van der Waals surface area contributed by atoms with E-state index in [4.69, 9.17) is 4.74 Å². The van der Waals surface area contributed by atoms with Crippen LogP contribution in [0.2, 0.25) is 0 Å². The van der Waals surface area contributed by atoms with E-state index in [0.29, 0.717) is 18.9 Å². The summed E-state index contributed by atoms with van der Waals surface area (Å²) in [5.74, 6) is 0.639. The van der Waals surface area contributed by atoms with Crippen LogP contribution in [0.4, 0.5) is 0 Å². The van der Waals surface area contributed by atoms with Crippen molar-refractivity contribution in [3.63, 3.8) is 0 Å². The van der Waals surface area contributed by atoms with Gasteiger partial charge in [-0.25, -0.2) is 4.79 Å². The molecular formula is C12H20O3. The maximum Gasteiger partial charge on any atom is 0.335 e. The van der Waals surface area contributed by atoms with Crippen LogP contribution in [-0.2, 0) is 9.53 Å². The number of aliphatic carboxylic acids is 1. The molecule has 0 heterocycles. The van der Waals surface area contributed by atoms with Crippen molar-refractivity contribution in [3.8, 4) is 0 Å². The van der Waals surface area contributed by atoms with Gasteiger partial charge in [0, 0.05) is 6.61 Å². The average molecular weight is 212 g/mol. The Bertz CT molecular complexity index is 243. The zero-order valence-corrected chi connectivity index (χ0v) is 9.37. The monoisotopic (exact) mass is 212 g/mol. The fourth-order valence-corrected chi connectivity index (χ4v) is 2.91. The molecule has 86 valence electrons. The SMILES string of the molecule is CCOC1(C(=O)O)CCCC(C2CC2)C1. The van der Waals surface area contributed by atoms with E-state index < -0.39 is 11.6 Å². The second-order valence-electron chi connectivity index (χ2n) is 4.93. The Morgan fingerprint density at radius 3 is 2.67 bits per heavy atom. The number of hydrogen-bond donors (Lipinski definition) is 1. The van der Waals surface area contributed by atoms with Crippen molar-refractivity contribution in [2.24, 2.45) is 11.8 Å². The minimum atomic E-state index is -0.861. The molecule has 2 saturated carbocycles. The zero-order valence-electron chi connectivity index (χ0n) is 9.37. The summed E-state index contributed by atoms with van der Waals surface area (Å²) in [6.45, 7) is 2.38. The van der Waals surface area contributed by atoms with Crippen LogP contribution in [0.1, 0.15) is 45.4 Å². The van der Waals surface area contributed by atoms with Gasteiger partial charge in [0.2, 0.25) is 0 Å². The third-order valence-corrected chi connectivity index (χ3v) is 3.85. The fourth-order valence-electron chi connectivity index (χ4n) is 2.91. The van der Waals surface area contributed by atoms with Gasteiger partial charge in [0.15, 0.2) is 5.60 Å². The van der Waals surface area contributed by atoms with Gasteiger partial charge in [0.05, 0.1) is 0 Å². The van der Waals surface area contributed by atoms with E-state index >= 15 is 0 Å². The van der Waals surface area contributed by atoms with Crippen molar-refractivity contribution in [3.05, 3.63) is 0 Å². The van der Waals surface area contributed by atoms with Gasteiger partial charge in [0.1, 0.15) is 0 Å². The second-order valence-corrected chi connectivity index (χ2v) is 4.93. The van der Waals surface area contributed by atoms with Gasteiger partial charge in [-0.3, -0.25) is 0 Å². The van der Waals surface area contributed by atoms with E-state index in [1.54, 1.807) is 0 Å². The highest BCUT2D eigenvalue weighted by atomic mass is 16.5. The first-order valence-electron chi connectivity index (χ1n) is 6.05. The summed E-state index contributed by atoms with van der Waals surface area (Å²) in [5, 5.41) is 9.31. The lowest BCUT2D eigenvalue weighted by atomic mass is 9.76. The molecule has 2 fully saturated rings. The standard InChI is InChI=1S/C12H20O3/c1-2-15-12(11(13)14)7-3-4-10(8-12)9-5-6-9/h9-10H,2-8H2,1H3,(H,13,14). The van der Waals surface area contributed by atoms with Crippen molar-refractivity contribution < 1.29 is 14.6 Å². The molecule has 3 heteroatoms. The molecular weight excluding hydrogens is 192 g/mol. The number of carboxylic acid groups (broad SMARTS) is 1. The highest BCUT2D eigenvalue weighted by Crippen LogP contribution is 2.47. The molecule has 1 N–H and O–H groups in total. The van der Waals surface area contributed by atoms with Crippen LogP contribution in [0, 0.1) is 11.8 Å². The summed E-state index contributed by atoms with van der Waals surface area (Å²) in [7, 11) is 0. The molecule has 2 aliphatic rings. The summed E-state index contributed by atoms with van der Waals surface area (Å²) in [6, 6.07) is 0. The number of hydrogen-bond acceptors (Lipinski definition) is 2. The second kappa shape index (κ2) is 4.12. The van der Waals surface area contributed by atoms with Gasteiger partial charge in [-0.2, -0.15) is 0 Å². The van der Waals surface area contributed by atoms with E-state index in [1.807, 2.05) is 6.92 Å². The van der Waals surface area contributed by atoms with Crippen molar-refractivity contribution in [1.29, 1.82) is 0 Å². The van der Waals surface area contributed by atoms with Crippen LogP contribution in [0.5, 0.6) is 0 Å². The van der Waals surface area contributed by atoms with Gasteiger partial charge >= 0.3 is 5.97 Å². The smallest absolute Gasteiger partial charge is 0.335 e. The molecule has 2 aliphatic carbocycles. The average Bonchev–Trinajstić information content (AvgIpc) is 3.01. The number of carboxylic acids is 1. The molecule has 2 atom stereocenters. The number of rotatable bonds is 4. The first kappa shape index (κ1) is 10.9. The molecule has 2 rings (SSSR count). The van der Waals surface area contributed by atoms with Crippen LogP contribution in [0.15, 0.2) is 0 Å². The molecule has 0 aromatic rings. The van der Waals surface area contributed by atoms with E-state index in [9.17, 15) is 9.90 Å². The Balaban J connectivity index is 2.05. The van der Waals surface area contributed by atoms with Gasteiger partial charge in [-0.15, -0.1) is 0 Å². The molecule has 15 heavy (non-hydrogen) atoms. The lowest BCUT2D eigenvalue weighted by Crippen LogP contribution is -2.46. The molecule has 0 radical (unpaired) electrons. The lowest BCUT2D eigenvalue weighted by molar-refractivity contribution is -0.173. The minimum Gasteiger partial charge on any atom is -0.479 e. The molecule has 3 nitrogen and oxygen atoms in total. The molecule has 0 amide bonds. The summed E-state index contributed by atoms with van der Waals surface area (Å²) >= 11 is 0. The first-order chi connectivity index (χ1) is 7.18. The van der Waals surface area contributed by atoms with Crippen molar-refractivity contribution in [1.82, 2.24) is 0 Å². The summed E-state index contributed by atoms with van der Waals surface area (Å²) in [4.78, 5) is 11.3. The van der Waals surface area contributed by atoms with Gasteiger partial charge in [-0.1, -0.05) is 0 Å². The highest BCUT2D eigenvalue weighted by molar-refractivity contribution is 5.77. The normalized spacial score (nSPS) is 36.5. The molecule has 0 spiro atoms. The fraction of sp³-hybridized carbons (Fsp3) is 0.917. The number of carbonyl (C=O) groups is 1. The van der Waals surface area contributed by atoms with Gasteiger partial charge < -0.3 is 9.84 Å². The zero-order chi connectivity index (χ0) is 10.9. The third-order valence-electron chi connectivity index (χ3n) is 3.85. The van der Waals surface area contributed by atoms with Gasteiger partial charge in [-0.05, 0) is 57.3 Å². The maximum absolute atomic E-state index is 11.3. The molecule has 0 bridgehead atoms.